The van der Waals surface area contributed by atoms with E-state index in [1.165, 1.54) is 0 Å². The second-order valence-electron chi connectivity index (χ2n) is 4.81. The average Bonchev–Trinajstić information content (AvgIpc) is 2.77. The number of aromatic nitrogens is 1. The van der Waals surface area contributed by atoms with Gasteiger partial charge >= 0.3 is 6.09 Å². The zero-order valence-electron chi connectivity index (χ0n) is 12.2. The first-order chi connectivity index (χ1) is 8.52. The molecule has 1 aromatic rings. The van der Waals surface area contributed by atoms with Gasteiger partial charge in [0.05, 0.1) is 6.54 Å². The molecule has 1 aliphatic rings. The SMILES string of the molecule is C.C.C.CC(C)N1CCOC1=O.CC(C)c1ccccn1.[Y]. The third-order valence-electron chi connectivity index (χ3n) is 2.69. The minimum atomic E-state index is -0.176. The average molecular weight is 387 g/mol. The Labute approximate surface area is 162 Å². The van der Waals surface area contributed by atoms with Gasteiger partial charge in [0.1, 0.15) is 6.61 Å². The Bertz CT molecular complexity index is 370. The second kappa shape index (κ2) is 15.4. The third-order valence-corrected chi connectivity index (χ3v) is 2.69. The van der Waals surface area contributed by atoms with Gasteiger partial charge in [-0.25, -0.2) is 4.79 Å². The van der Waals surface area contributed by atoms with Crippen LogP contribution in [0.1, 0.15) is 61.6 Å². The van der Waals surface area contributed by atoms with Crippen LogP contribution in [-0.2, 0) is 37.4 Å². The molecule has 1 radical (unpaired) electrons. The molecule has 1 saturated heterocycles. The molecular formula is C17H34N2O2Y. The van der Waals surface area contributed by atoms with Crippen LogP contribution in [0.5, 0.6) is 0 Å². The van der Waals surface area contributed by atoms with Gasteiger partial charge < -0.3 is 9.64 Å². The zero-order chi connectivity index (χ0) is 13.5. The Balaban J connectivity index is -0.000000125. The minimum Gasteiger partial charge on any atom is -0.448 e. The van der Waals surface area contributed by atoms with Gasteiger partial charge in [-0.05, 0) is 31.9 Å². The fourth-order valence-electron chi connectivity index (χ4n) is 1.59. The van der Waals surface area contributed by atoms with Crippen LogP contribution in [0.4, 0.5) is 4.79 Å². The zero-order valence-corrected chi connectivity index (χ0v) is 15.0. The van der Waals surface area contributed by atoms with Crippen molar-refractivity contribution in [2.24, 2.45) is 0 Å². The summed E-state index contributed by atoms with van der Waals surface area (Å²) in [5.74, 6) is 0.547. The number of cyclic esters (lactones) is 1. The van der Waals surface area contributed by atoms with E-state index in [-0.39, 0.29) is 67.1 Å². The topological polar surface area (TPSA) is 42.4 Å². The Morgan fingerprint density at radius 1 is 1.14 bits per heavy atom. The van der Waals surface area contributed by atoms with Gasteiger partial charge in [-0.3, -0.25) is 4.98 Å². The number of hydrogen-bond acceptors (Lipinski definition) is 3. The van der Waals surface area contributed by atoms with Crippen molar-refractivity contribution >= 4 is 6.09 Å². The van der Waals surface area contributed by atoms with Gasteiger partial charge in [0.2, 0.25) is 0 Å². The molecule has 1 amide bonds. The molecule has 0 aliphatic carbocycles. The molecule has 1 aromatic heterocycles. The standard InChI is InChI=1S/C8H11N.C6H11NO2.3CH4.Y/c1-7(2)8-5-3-4-6-9-8;1-5(2)7-3-4-9-6(7)8;;;;/h3-7H,1-2H3;5H,3-4H2,1-2H3;3*1H4;. The smallest absolute Gasteiger partial charge is 0.410 e. The molecule has 0 saturated carbocycles. The number of hydrogen-bond donors (Lipinski definition) is 0. The van der Waals surface area contributed by atoms with Crippen LogP contribution in [0.2, 0.25) is 0 Å². The number of ether oxygens (including phenoxy) is 1. The van der Waals surface area contributed by atoms with E-state index in [9.17, 15) is 4.79 Å². The number of rotatable bonds is 2. The summed E-state index contributed by atoms with van der Waals surface area (Å²) in [7, 11) is 0. The van der Waals surface area contributed by atoms with E-state index in [1.807, 2.05) is 38.2 Å². The fraction of sp³-hybridized carbons (Fsp3) is 0.647. The van der Waals surface area contributed by atoms with Gasteiger partial charge in [0, 0.05) is 50.6 Å². The summed E-state index contributed by atoms with van der Waals surface area (Å²) in [6, 6.07) is 6.28. The van der Waals surface area contributed by atoms with E-state index in [1.54, 1.807) is 4.90 Å². The van der Waals surface area contributed by atoms with E-state index in [2.05, 4.69) is 18.8 Å². The van der Waals surface area contributed by atoms with Crippen molar-refractivity contribution in [3.8, 4) is 0 Å². The van der Waals surface area contributed by atoms with Gasteiger partial charge in [-0.15, -0.1) is 0 Å². The van der Waals surface area contributed by atoms with Crippen LogP contribution in [0.25, 0.3) is 0 Å². The first-order valence-corrected chi connectivity index (χ1v) is 6.36. The number of pyridine rings is 1. The molecule has 1 fully saturated rings. The Kier molecular flexibility index (Phi) is 20.7. The Morgan fingerprint density at radius 2 is 1.73 bits per heavy atom. The van der Waals surface area contributed by atoms with Crippen LogP contribution in [0, 0.1) is 0 Å². The van der Waals surface area contributed by atoms with E-state index in [0.717, 1.165) is 12.2 Å². The summed E-state index contributed by atoms with van der Waals surface area (Å²) >= 11 is 0. The van der Waals surface area contributed by atoms with Crippen molar-refractivity contribution in [2.75, 3.05) is 13.2 Å². The van der Waals surface area contributed by atoms with Crippen LogP contribution in [0.15, 0.2) is 24.4 Å². The molecule has 0 spiro atoms. The number of carbonyl (C=O) groups excluding carboxylic acids is 1. The summed E-state index contributed by atoms with van der Waals surface area (Å²) in [5.41, 5.74) is 1.16. The molecule has 2 rings (SSSR count). The maximum atomic E-state index is 10.7. The Hall–Kier alpha value is -0.476. The van der Waals surface area contributed by atoms with Crippen LogP contribution in [0.3, 0.4) is 0 Å². The van der Waals surface area contributed by atoms with Crippen molar-refractivity contribution < 1.29 is 42.2 Å². The number of amides is 1. The molecule has 2 heterocycles. The second-order valence-corrected chi connectivity index (χ2v) is 4.81. The van der Waals surface area contributed by atoms with E-state index in [4.69, 9.17) is 4.74 Å². The fourth-order valence-corrected chi connectivity index (χ4v) is 1.59. The molecule has 0 atom stereocenters. The van der Waals surface area contributed by atoms with Crippen molar-refractivity contribution in [3.63, 3.8) is 0 Å². The third kappa shape index (κ3) is 10.3. The molecule has 0 aromatic carbocycles. The molecule has 0 unspecified atom stereocenters. The molecule has 22 heavy (non-hydrogen) atoms. The molecular weight excluding hydrogens is 353 g/mol. The van der Waals surface area contributed by atoms with Crippen LogP contribution >= 0.6 is 0 Å². The summed E-state index contributed by atoms with van der Waals surface area (Å²) < 4.78 is 4.71. The van der Waals surface area contributed by atoms with E-state index in [0.29, 0.717) is 12.5 Å². The predicted molar refractivity (Wildman–Crippen MR) is 91.7 cm³/mol. The summed E-state index contributed by atoms with van der Waals surface area (Å²) in [4.78, 5) is 16.6. The molecule has 1 aliphatic heterocycles. The van der Waals surface area contributed by atoms with Crippen molar-refractivity contribution in [1.82, 2.24) is 9.88 Å². The summed E-state index contributed by atoms with van der Waals surface area (Å²) in [6.07, 6.45) is 1.65. The predicted octanol–water partition coefficient (Wildman–Crippen LogP) is 4.96. The first-order valence-electron chi connectivity index (χ1n) is 6.36. The Morgan fingerprint density at radius 3 is 1.95 bits per heavy atom. The maximum Gasteiger partial charge on any atom is 0.410 e. The quantitative estimate of drug-likeness (QED) is 0.721. The van der Waals surface area contributed by atoms with Crippen molar-refractivity contribution in [3.05, 3.63) is 30.1 Å². The van der Waals surface area contributed by atoms with Crippen molar-refractivity contribution in [2.45, 2.75) is 61.9 Å². The van der Waals surface area contributed by atoms with Gasteiger partial charge in [-0.2, -0.15) is 0 Å². The summed E-state index contributed by atoms with van der Waals surface area (Å²) in [5, 5.41) is 0. The van der Waals surface area contributed by atoms with Gasteiger partial charge in [0.25, 0.3) is 0 Å². The van der Waals surface area contributed by atoms with Crippen LogP contribution < -0.4 is 0 Å². The monoisotopic (exact) mass is 387 g/mol. The van der Waals surface area contributed by atoms with E-state index < -0.39 is 0 Å². The van der Waals surface area contributed by atoms with Crippen LogP contribution in [-0.4, -0.2) is 35.2 Å². The molecule has 5 heteroatoms. The van der Waals surface area contributed by atoms with Gasteiger partial charge in [-0.1, -0.05) is 42.2 Å². The molecule has 0 N–H and O–H groups in total. The minimum absolute atomic E-state index is 0. The largest absolute Gasteiger partial charge is 0.448 e. The molecule has 4 nitrogen and oxygen atoms in total. The number of carbonyl (C=O) groups is 1. The summed E-state index contributed by atoms with van der Waals surface area (Å²) in [6.45, 7) is 9.54. The first kappa shape index (κ1) is 29.5. The maximum absolute atomic E-state index is 10.7. The van der Waals surface area contributed by atoms with Crippen molar-refractivity contribution in [1.29, 1.82) is 0 Å². The van der Waals surface area contributed by atoms with Gasteiger partial charge in [0.15, 0.2) is 0 Å². The van der Waals surface area contributed by atoms with E-state index >= 15 is 0 Å². The normalized spacial score (nSPS) is 11.9. The molecule has 0 bridgehead atoms. The molecule has 127 valence electrons. The number of nitrogens with zero attached hydrogens (tertiary/aromatic N) is 2.